The fourth-order valence-corrected chi connectivity index (χ4v) is 2.28. The summed E-state index contributed by atoms with van der Waals surface area (Å²) < 4.78 is 4.80. The van der Waals surface area contributed by atoms with Crippen LogP contribution in [-0.2, 0) is 9.53 Å². The summed E-state index contributed by atoms with van der Waals surface area (Å²) >= 11 is 0. The van der Waals surface area contributed by atoms with E-state index >= 15 is 0 Å². The zero-order valence-corrected chi connectivity index (χ0v) is 9.06. The van der Waals surface area contributed by atoms with Gasteiger partial charge in [-0.25, -0.2) is 0 Å². The van der Waals surface area contributed by atoms with Crippen LogP contribution in [0.3, 0.4) is 0 Å². The van der Waals surface area contributed by atoms with Crippen LogP contribution in [0.15, 0.2) is 12.2 Å². The minimum absolute atomic E-state index is 0.110. The molecule has 0 radical (unpaired) electrons. The number of likely N-dealkylation sites (tertiary alicyclic amines) is 1. The van der Waals surface area contributed by atoms with E-state index in [0.717, 1.165) is 13.0 Å². The van der Waals surface area contributed by atoms with Gasteiger partial charge in [-0.15, -0.1) is 0 Å². The van der Waals surface area contributed by atoms with E-state index in [1.165, 1.54) is 7.11 Å². The van der Waals surface area contributed by atoms with Crippen molar-refractivity contribution in [3.63, 3.8) is 0 Å². The minimum Gasteiger partial charge on any atom is -0.468 e. The number of carbonyl (C=O) groups is 1. The predicted molar refractivity (Wildman–Crippen MR) is 56.9 cm³/mol. The molecule has 2 aliphatic rings. The molecule has 2 rings (SSSR count). The monoisotopic (exact) mass is 205 g/mol. The molecule has 0 aromatic rings. The molecule has 0 N–H and O–H groups in total. The molecular formula is C12H15NO2. The lowest BCUT2D eigenvalue weighted by Gasteiger charge is -2.38. The van der Waals surface area contributed by atoms with Crippen LogP contribution in [0.2, 0.25) is 0 Å². The largest absolute Gasteiger partial charge is 0.468 e. The maximum absolute atomic E-state index is 11.5. The van der Waals surface area contributed by atoms with Crippen LogP contribution in [0.1, 0.15) is 6.42 Å². The zero-order valence-electron chi connectivity index (χ0n) is 9.06. The fourth-order valence-electron chi connectivity index (χ4n) is 2.28. The standard InChI is InChI=1S/C12H15NO2/c1-13-8-10-6-4-3-5-9(10)7-11(13)12(14)15-2/h3,5,9-11H,7-8H2,1-2H3. The van der Waals surface area contributed by atoms with E-state index in [1.54, 1.807) is 0 Å². The number of fused-ring (bicyclic) bond motifs is 1. The van der Waals surface area contributed by atoms with Gasteiger partial charge < -0.3 is 4.74 Å². The number of carbonyl (C=O) groups excluding carboxylic acids is 1. The first-order valence-electron chi connectivity index (χ1n) is 5.18. The van der Waals surface area contributed by atoms with Gasteiger partial charge >= 0.3 is 5.97 Å². The summed E-state index contributed by atoms with van der Waals surface area (Å²) in [6, 6.07) is -0.110. The lowest BCUT2D eigenvalue weighted by Crippen LogP contribution is -2.49. The van der Waals surface area contributed by atoms with Crippen LogP contribution in [-0.4, -0.2) is 37.6 Å². The first-order valence-corrected chi connectivity index (χ1v) is 5.18. The molecule has 1 fully saturated rings. The molecule has 3 unspecified atom stereocenters. The Morgan fingerprint density at radius 2 is 2.40 bits per heavy atom. The third-order valence-electron chi connectivity index (χ3n) is 3.20. The van der Waals surface area contributed by atoms with Gasteiger partial charge in [0.2, 0.25) is 0 Å². The van der Waals surface area contributed by atoms with Gasteiger partial charge in [-0.2, -0.15) is 0 Å². The number of methoxy groups -OCH3 is 1. The summed E-state index contributed by atoms with van der Waals surface area (Å²) in [6.07, 6.45) is 4.82. The quantitative estimate of drug-likeness (QED) is 0.465. The van der Waals surface area contributed by atoms with Crippen molar-refractivity contribution in [3.05, 3.63) is 12.2 Å². The first-order chi connectivity index (χ1) is 7.22. The van der Waals surface area contributed by atoms with Gasteiger partial charge in [-0.05, 0) is 25.5 Å². The van der Waals surface area contributed by atoms with Crippen molar-refractivity contribution in [1.29, 1.82) is 0 Å². The Hall–Kier alpha value is -1.27. The van der Waals surface area contributed by atoms with Gasteiger partial charge in [0.05, 0.1) is 7.11 Å². The molecule has 1 aliphatic carbocycles. The summed E-state index contributed by atoms with van der Waals surface area (Å²) in [7, 11) is 3.40. The molecule has 3 nitrogen and oxygen atoms in total. The average Bonchev–Trinajstić information content (AvgIpc) is 2.27. The Labute approximate surface area is 90.1 Å². The van der Waals surface area contributed by atoms with Gasteiger partial charge in [0.1, 0.15) is 6.04 Å². The van der Waals surface area contributed by atoms with Crippen molar-refractivity contribution in [2.45, 2.75) is 12.5 Å². The highest BCUT2D eigenvalue weighted by molar-refractivity contribution is 5.75. The third-order valence-corrected chi connectivity index (χ3v) is 3.20. The Morgan fingerprint density at radius 1 is 1.60 bits per heavy atom. The fraction of sp³-hybridized carbons (Fsp3) is 0.583. The molecule has 0 amide bonds. The second-order valence-electron chi connectivity index (χ2n) is 4.13. The molecule has 3 heteroatoms. The van der Waals surface area contributed by atoms with Crippen LogP contribution in [0.25, 0.3) is 0 Å². The summed E-state index contributed by atoms with van der Waals surface area (Å²) in [4.78, 5) is 13.6. The van der Waals surface area contributed by atoms with E-state index in [9.17, 15) is 4.79 Å². The second kappa shape index (κ2) is 4.08. The normalized spacial score (nSPS) is 33.9. The van der Waals surface area contributed by atoms with Crippen molar-refractivity contribution in [2.24, 2.45) is 11.8 Å². The van der Waals surface area contributed by atoms with E-state index in [0.29, 0.717) is 11.8 Å². The summed E-state index contributed by atoms with van der Waals surface area (Å²) in [5.41, 5.74) is 0. The Morgan fingerprint density at radius 3 is 3.13 bits per heavy atom. The van der Waals surface area contributed by atoms with Crippen LogP contribution in [0, 0.1) is 23.7 Å². The van der Waals surface area contributed by atoms with Crippen molar-refractivity contribution in [3.8, 4) is 11.8 Å². The molecule has 3 atom stereocenters. The number of esters is 1. The number of rotatable bonds is 1. The Bertz CT molecular complexity index is 350. The number of hydrogen-bond donors (Lipinski definition) is 0. The van der Waals surface area contributed by atoms with E-state index in [4.69, 9.17) is 4.74 Å². The van der Waals surface area contributed by atoms with E-state index in [-0.39, 0.29) is 12.0 Å². The smallest absolute Gasteiger partial charge is 0.323 e. The molecule has 1 heterocycles. The molecule has 1 saturated heterocycles. The summed E-state index contributed by atoms with van der Waals surface area (Å²) in [5.74, 6) is 6.84. The maximum Gasteiger partial charge on any atom is 0.323 e. The average molecular weight is 205 g/mol. The molecule has 0 aromatic heterocycles. The number of nitrogens with zero attached hydrogens (tertiary/aromatic N) is 1. The molecular weight excluding hydrogens is 190 g/mol. The van der Waals surface area contributed by atoms with Gasteiger partial charge in [0.25, 0.3) is 0 Å². The number of hydrogen-bond acceptors (Lipinski definition) is 3. The van der Waals surface area contributed by atoms with Crippen molar-refractivity contribution in [2.75, 3.05) is 20.7 Å². The minimum atomic E-state index is -0.136. The molecule has 0 spiro atoms. The van der Waals surface area contributed by atoms with Crippen molar-refractivity contribution in [1.82, 2.24) is 4.90 Å². The molecule has 0 saturated carbocycles. The van der Waals surface area contributed by atoms with Gasteiger partial charge in [-0.3, -0.25) is 9.69 Å². The highest BCUT2D eigenvalue weighted by Gasteiger charge is 2.36. The highest BCUT2D eigenvalue weighted by atomic mass is 16.5. The van der Waals surface area contributed by atoms with Gasteiger partial charge in [-0.1, -0.05) is 17.9 Å². The predicted octanol–water partition coefficient (Wildman–Crippen LogP) is 0.669. The molecule has 15 heavy (non-hydrogen) atoms. The maximum atomic E-state index is 11.5. The second-order valence-corrected chi connectivity index (χ2v) is 4.13. The number of ether oxygens (including phenoxy) is 1. The van der Waals surface area contributed by atoms with Crippen molar-refractivity contribution < 1.29 is 9.53 Å². The Kier molecular flexibility index (Phi) is 2.79. The third kappa shape index (κ3) is 1.91. The van der Waals surface area contributed by atoms with E-state index < -0.39 is 0 Å². The zero-order chi connectivity index (χ0) is 10.8. The molecule has 1 aliphatic heterocycles. The van der Waals surface area contributed by atoms with Crippen LogP contribution in [0.5, 0.6) is 0 Å². The SMILES string of the molecule is COC(=O)C1CC2C=CC#CC2CN1C. The van der Waals surface area contributed by atoms with E-state index in [1.807, 2.05) is 18.0 Å². The lowest BCUT2D eigenvalue weighted by atomic mass is 9.80. The summed E-state index contributed by atoms with van der Waals surface area (Å²) in [6.45, 7) is 0.849. The Balaban J connectivity index is 2.11. The van der Waals surface area contributed by atoms with Gasteiger partial charge in [0.15, 0.2) is 0 Å². The van der Waals surface area contributed by atoms with E-state index in [2.05, 4.69) is 17.9 Å². The molecule has 0 aromatic carbocycles. The number of allylic oxidation sites excluding steroid dienone is 2. The first kappa shape index (κ1) is 10.3. The highest BCUT2D eigenvalue weighted by Crippen LogP contribution is 2.29. The van der Waals surface area contributed by atoms with Crippen LogP contribution in [0.4, 0.5) is 0 Å². The lowest BCUT2D eigenvalue weighted by molar-refractivity contribution is -0.148. The summed E-state index contributed by atoms with van der Waals surface area (Å²) in [5, 5.41) is 0. The number of likely N-dealkylation sites (N-methyl/N-ethyl adjacent to an activating group) is 1. The van der Waals surface area contributed by atoms with Crippen LogP contribution < -0.4 is 0 Å². The topological polar surface area (TPSA) is 29.5 Å². The van der Waals surface area contributed by atoms with Gasteiger partial charge in [0, 0.05) is 12.5 Å². The number of piperidine rings is 1. The molecule has 80 valence electrons. The van der Waals surface area contributed by atoms with Crippen molar-refractivity contribution >= 4 is 5.97 Å². The van der Waals surface area contributed by atoms with Crippen LogP contribution >= 0.6 is 0 Å². The molecule has 0 bridgehead atoms.